The Balaban J connectivity index is 2.20. The van der Waals surface area contributed by atoms with E-state index >= 15 is 0 Å². The van der Waals surface area contributed by atoms with E-state index in [0.717, 1.165) is 0 Å². The molecule has 2 rings (SSSR count). The van der Waals surface area contributed by atoms with Crippen molar-refractivity contribution in [2.75, 3.05) is 20.1 Å². The van der Waals surface area contributed by atoms with Crippen LogP contribution in [0.25, 0.3) is 0 Å². The summed E-state index contributed by atoms with van der Waals surface area (Å²) in [6.07, 6.45) is 2.46. The van der Waals surface area contributed by atoms with Crippen LogP contribution in [0.5, 0.6) is 11.5 Å². The van der Waals surface area contributed by atoms with Gasteiger partial charge in [-0.1, -0.05) is 44.2 Å². The summed E-state index contributed by atoms with van der Waals surface area (Å²) >= 11 is 6.20. The summed E-state index contributed by atoms with van der Waals surface area (Å²) in [5.41, 5.74) is -1.97. The van der Waals surface area contributed by atoms with Crippen molar-refractivity contribution in [3.8, 4) is 11.5 Å². The van der Waals surface area contributed by atoms with Gasteiger partial charge in [-0.2, -0.15) is 0 Å². The van der Waals surface area contributed by atoms with Gasteiger partial charge in [0.2, 0.25) is 17.7 Å². The molecule has 4 amide bonds. The van der Waals surface area contributed by atoms with Crippen molar-refractivity contribution in [3.05, 3.63) is 70.1 Å². The number of aliphatic carboxylic acids is 2. The molecule has 0 aromatic heterocycles. The van der Waals surface area contributed by atoms with Gasteiger partial charge in [0.1, 0.15) is 35.6 Å². The molecule has 0 bridgehead atoms. The van der Waals surface area contributed by atoms with E-state index in [4.69, 9.17) is 21.4 Å². The van der Waals surface area contributed by atoms with Gasteiger partial charge in [-0.05, 0) is 83.4 Å². The number of phenolic OH excluding ortho intramolecular Hbond substituents is 1. The van der Waals surface area contributed by atoms with Gasteiger partial charge < -0.3 is 51.7 Å². The molecule has 0 spiro atoms. The number of amides is 4. The molecule has 58 heavy (non-hydrogen) atoms. The molecule has 0 radical (unpaired) electrons. The number of hydrogen-bond donors (Lipinski definition) is 9. The number of phenols is 1. The van der Waals surface area contributed by atoms with Gasteiger partial charge in [0.05, 0.1) is 29.3 Å². The Labute approximate surface area is 341 Å². The maximum atomic E-state index is 13.7. The summed E-state index contributed by atoms with van der Waals surface area (Å²) in [7, 11) is 1.41. The first kappa shape index (κ1) is 48.6. The lowest BCUT2D eigenvalue weighted by Gasteiger charge is -2.38. The average molecular weight is 833 g/mol. The summed E-state index contributed by atoms with van der Waals surface area (Å²) in [6, 6.07) is -1.16. The fraction of sp³-hybridized carbons (Fsp3) is 0.462. The van der Waals surface area contributed by atoms with Crippen molar-refractivity contribution in [3.63, 3.8) is 0 Å². The number of aliphatic hydroxyl groups excluding tert-OH is 1. The number of benzene rings is 1. The van der Waals surface area contributed by atoms with Crippen LogP contribution in [0.15, 0.2) is 59.5 Å². The number of allylic oxidation sites excluding steroid dienone is 1. The highest BCUT2D eigenvalue weighted by atomic mass is 35.5. The molecule has 1 aromatic rings. The number of rotatable bonds is 21. The van der Waals surface area contributed by atoms with Crippen molar-refractivity contribution >= 4 is 53.0 Å². The van der Waals surface area contributed by atoms with Crippen LogP contribution in [-0.4, -0.2) is 117 Å². The zero-order valence-electron chi connectivity index (χ0n) is 33.7. The predicted molar refractivity (Wildman–Crippen MR) is 212 cm³/mol. The molecular weight excluding hydrogens is 780 g/mol. The number of carboxylic acid groups (broad SMARTS) is 2. The third-order valence-electron chi connectivity index (χ3n) is 9.47. The molecule has 9 N–H and O–H groups in total. The third kappa shape index (κ3) is 12.5. The first-order valence-electron chi connectivity index (χ1n) is 18.3. The zero-order valence-corrected chi connectivity index (χ0v) is 34.4. The minimum absolute atomic E-state index is 0.00823. The standard InChI is InChI=1S/C39H53ClN6O12/c1-10-20(5)30(36(54)43-24(38(56)57)17-28(48)49)45-34(52)25-13-12-14-46(25)39(7,8)27(47)18-42-35(53)29(19(3)4)44-37(55)31(41-9)32(50)22-15-23(40)33(51)26(16-22)58-21(6)11-2/h12-13,15-17,21,25,29,31-32,41,50-51H,3,10-11,14,18H2,1-2,4-9H3,(H,42,53)(H,43,54)(H,44,55)(H,45,52)(H,48,49)(H,56,57). The Morgan fingerprint density at radius 1 is 1.07 bits per heavy atom. The lowest BCUT2D eigenvalue weighted by Crippen LogP contribution is -2.59. The first-order valence-corrected chi connectivity index (χ1v) is 18.6. The number of halogens is 1. The highest BCUT2D eigenvalue weighted by Crippen LogP contribution is 2.38. The Hall–Kier alpha value is -5.56. The topological polar surface area (TPSA) is 273 Å². The monoisotopic (exact) mass is 832 g/mol. The van der Waals surface area contributed by atoms with E-state index in [2.05, 4.69) is 27.8 Å². The zero-order chi connectivity index (χ0) is 44.2. The van der Waals surface area contributed by atoms with Crippen LogP contribution >= 0.6 is 11.6 Å². The van der Waals surface area contributed by atoms with Gasteiger partial charge in [0.15, 0.2) is 17.3 Å². The average Bonchev–Trinajstić information content (AvgIpc) is 3.67. The van der Waals surface area contributed by atoms with Gasteiger partial charge in [0.25, 0.3) is 5.91 Å². The second-order valence-electron chi connectivity index (χ2n) is 14.1. The Morgan fingerprint density at radius 3 is 2.24 bits per heavy atom. The number of Topliss-reactive ketones (excluding diaryl/α,β-unsaturated/α-hetero) is 1. The van der Waals surface area contributed by atoms with Gasteiger partial charge >= 0.3 is 11.9 Å². The van der Waals surface area contributed by atoms with E-state index < -0.39 is 83.4 Å². The number of ketones is 1. The van der Waals surface area contributed by atoms with Crippen LogP contribution in [0.2, 0.25) is 5.02 Å². The number of nitrogens with one attached hydrogen (secondary N) is 5. The fourth-order valence-corrected chi connectivity index (χ4v) is 5.81. The molecule has 0 aliphatic carbocycles. The maximum Gasteiger partial charge on any atom is 0.352 e. The fourth-order valence-electron chi connectivity index (χ4n) is 5.59. The van der Waals surface area contributed by atoms with Crippen molar-refractivity contribution in [2.24, 2.45) is 0 Å². The van der Waals surface area contributed by atoms with Crippen molar-refractivity contribution in [1.29, 1.82) is 0 Å². The molecule has 1 aliphatic rings. The molecule has 5 atom stereocenters. The molecule has 0 fully saturated rings. The van der Waals surface area contributed by atoms with Crippen molar-refractivity contribution in [1.82, 2.24) is 31.5 Å². The molecule has 0 saturated heterocycles. The van der Waals surface area contributed by atoms with Crippen LogP contribution in [0.4, 0.5) is 0 Å². The number of nitrogens with zero attached hydrogens (tertiary/aromatic N) is 1. The number of carbonyl (C=O) groups excluding carboxylic acids is 5. The predicted octanol–water partition coefficient (Wildman–Crippen LogP) is 1.58. The number of carboxylic acids is 2. The summed E-state index contributed by atoms with van der Waals surface area (Å²) in [4.78, 5) is 91.3. The van der Waals surface area contributed by atoms with Crippen molar-refractivity contribution in [2.45, 2.75) is 97.2 Å². The Kier molecular flexibility index (Phi) is 17.8. The van der Waals surface area contributed by atoms with Gasteiger partial charge in [-0.3, -0.25) is 28.9 Å². The van der Waals surface area contributed by atoms with Crippen LogP contribution in [0.1, 0.15) is 73.0 Å². The van der Waals surface area contributed by atoms with Crippen molar-refractivity contribution < 1.29 is 58.7 Å². The molecule has 5 unspecified atom stereocenters. The third-order valence-corrected chi connectivity index (χ3v) is 9.76. The number of hydrogen-bond acceptors (Lipinski definition) is 12. The summed E-state index contributed by atoms with van der Waals surface area (Å²) in [6.45, 7) is 14.7. The van der Waals surface area contributed by atoms with E-state index in [-0.39, 0.29) is 52.4 Å². The summed E-state index contributed by atoms with van der Waals surface area (Å²) in [5.74, 6) is -7.64. The van der Waals surface area contributed by atoms with Gasteiger partial charge in [-0.15, -0.1) is 0 Å². The highest BCUT2D eigenvalue weighted by Gasteiger charge is 2.42. The van der Waals surface area contributed by atoms with E-state index in [1.54, 1.807) is 19.9 Å². The second-order valence-corrected chi connectivity index (χ2v) is 14.5. The maximum absolute atomic E-state index is 13.7. The van der Waals surface area contributed by atoms with E-state index in [9.17, 15) is 48.9 Å². The highest BCUT2D eigenvalue weighted by molar-refractivity contribution is 6.32. The molecule has 1 aliphatic heterocycles. The van der Waals surface area contributed by atoms with E-state index in [0.29, 0.717) is 18.1 Å². The molecule has 1 aromatic carbocycles. The van der Waals surface area contributed by atoms with Crippen LogP contribution < -0.4 is 31.3 Å². The molecule has 1 heterocycles. The molecule has 18 nitrogen and oxygen atoms in total. The molecule has 318 valence electrons. The van der Waals surface area contributed by atoms with E-state index in [1.165, 1.54) is 57.9 Å². The minimum Gasteiger partial charge on any atom is -0.503 e. The largest absolute Gasteiger partial charge is 0.503 e. The number of ether oxygens (including phenoxy) is 1. The lowest BCUT2D eigenvalue weighted by atomic mass is 9.94. The van der Waals surface area contributed by atoms with E-state index in [1.807, 2.05) is 12.2 Å². The smallest absolute Gasteiger partial charge is 0.352 e. The van der Waals surface area contributed by atoms with Gasteiger partial charge in [0, 0.05) is 6.54 Å². The lowest BCUT2D eigenvalue weighted by molar-refractivity contribution is -0.136. The number of aliphatic hydroxyl groups is 1. The SMILES string of the molecule is C=C(C)C(NC(=O)C(NC)C(O)c1cc(Cl)c(O)c(OC(C)CC)c1)C(=O)NCC(=O)C(C)(C)N1CC=CC1C(=O)NC(C(=O)NC(=CC(=O)O)C(=O)O)=C(C)CC. The number of likely N-dealkylation sites (N-methyl/N-ethyl adjacent to an activating group) is 1. The first-order chi connectivity index (χ1) is 27.0. The Bertz CT molecular complexity index is 1890. The number of carbonyl (C=O) groups is 7. The van der Waals surface area contributed by atoms with Crippen LogP contribution in [0, 0.1) is 0 Å². The normalized spacial score (nSPS) is 16.9. The summed E-state index contributed by atoms with van der Waals surface area (Å²) in [5, 5.41) is 52.0. The van der Waals surface area contributed by atoms with Crippen LogP contribution in [-0.2, 0) is 33.6 Å². The second kappa shape index (κ2) is 21.3. The quantitative estimate of drug-likeness (QED) is 0.0629. The van der Waals surface area contributed by atoms with Crippen LogP contribution in [0.3, 0.4) is 0 Å². The molecule has 19 heteroatoms. The molecule has 0 saturated carbocycles. The van der Waals surface area contributed by atoms with Gasteiger partial charge in [-0.25, -0.2) is 9.59 Å². The molecular formula is C39H53ClN6O12. The number of aromatic hydroxyl groups is 1. The summed E-state index contributed by atoms with van der Waals surface area (Å²) < 4.78 is 5.72. The Morgan fingerprint density at radius 2 is 1.71 bits per heavy atom. The minimum atomic E-state index is -1.72.